The minimum absolute atomic E-state index is 0.0385. The Labute approximate surface area is 201 Å². The summed E-state index contributed by atoms with van der Waals surface area (Å²) < 4.78 is 5.50. The van der Waals surface area contributed by atoms with E-state index in [2.05, 4.69) is 20.7 Å². The average molecular weight is 487 g/mol. The van der Waals surface area contributed by atoms with Crippen LogP contribution in [0.15, 0.2) is 40.8 Å². The van der Waals surface area contributed by atoms with Gasteiger partial charge >= 0.3 is 0 Å². The number of hydrogen-bond acceptors (Lipinski definition) is 7. The highest BCUT2D eigenvalue weighted by atomic mass is 35.5. The van der Waals surface area contributed by atoms with Crippen molar-refractivity contribution in [3.63, 3.8) is 0 Å². The van der Waals surface area contributed by atoms with Crippen molar-refractivity contribution in [3.8, 4) is 11.6 Å². The molecule has 2 heterocycles. The van der Waals surface area contributed by atoms with Crippen molar-refractivity contribution in [1.29, 1.82) is 0 Å². The Kier molecular flexibility index (Phi) is 7.59. The van der Waals surface area contributed by atoms with E-state index in [9.17, 15) is 14.7 Å². The fourth-order valence-electron chi connectivity index (χ4n) is 4.15. The normalized spacial score (nSPS) is 14.8. The van der Waals surface area contributed by atoms with E-state index in [1.807, 2.05) is 0 Å². The van der Waals surface area contributed by atoms with E-state index in [4.69, 9.17) is 16.0 Å². The number of tetrazole rings is 1. The third-order valence-electron chi connectivity index (χ3n) is 5.80. The topological polar surface area (TPSA) is 126 Å². The van der Waals surface area contributed by atoms with Crippen LogP contribution in [0.4, 0.5) is 0 Å². The zero-order chi connectivity index (χ0) is 24.1. The van der Waals surface area contributed by atoms with Crippen molar-refractivity contribution in [2.75, 3.05) is 13.2 Å². The molecule has 0 saturated heterocycles. The van der Waals surface area contributed by atoms with Gasteiger partial charge in [-0.2, -0.15) is 4.80 Å². The van der Waals surface area contributed by atoms with Crippen molar-refractivity contribution in [1.82, 2.24) is 30.4 Å². The number of halogens is 1. The van der Waals surface area contributed by atoms with E-state index in [0.29, 0.717) is 22.1 Å². The van der Waals surface area contributed by atoms with E-state index < -0.39 is 11.9 Å². The Hall–Kier alpha value is -3.24. The number of aliphatic hydroxyl groups is 1. The molecule has 1 aliphatic carbocycles. The summed E-state index contributed by atoms with van der Waals surface area (Å²) in [7, 11) is 0. The van der Waals surface area contributed by atoms with Gasteiger partial charge in [0.15, 0.2) is 5.76 Å². The second-order valence-electron chi connectivity index (χ2n) is 8.31. The molecular weight excluding hydrogens is 460 g/mol. The largest absolute Gasteiger partial charge is 0.458 e. The van der Waals surface area contributed by atoms with E-state index >= 15 is 0 Å². The maximum Gasteiger partial charge on any atom is 0.247 e. The molecule has 1 unspecified atom stereocenters. The van der Waals surface area contributed by atoms with E-state index in [-0.39, 0.29) is 37.5 Å². The lowest BCUT2D eigenvalue weighted by Gasteiger charge is -2.31. The van der Waals surface area contributed by atoms with Crippen LogP contribution in [-0.4, -0.2) is 61.2 Å². The lowest BCUT2D eigenvalue weighted by Crippen LogP contribution is -2.48. The number of aryl methyl sites for hydroxylation is 1. The molecule has 10 nitrogen and oxygen atoms in total. The summed E-state index contributed by atoms with van der Waals surface area (Å²) in [5.74, 6) is 0.668. The summed E-state index contributed by atoms with van der Waals surface area (Å²) in [6.07, 6.45) is 3.94. The molecule has 180 valence electrons. The molecule has 0 radical (unpaired) electrons. The van der Waals surface area contributed by atoms with Crippen LogP contribution >= 0.6 is 11.6 Å². The van der Waals surface area contributed by atoms with Crippen molar-refractivity contribution in [2.24, 2.45) is 0 Å². The van der Waals surface area contributed by atoms with Crippen LogP contribution in [0.2, 0.25) is 5.02 Å². The zero-order valence-electron chi connectivity index (χ0n) is 18.9. The van der Waals surface area contributed by atoms with Crippen molar-refractivity contribution in [3.05, 3.63) is 52.7 Å². The quantitative estimate of drug-likeness (QED) is 0.475. The number of rotatable bonds is 9. The molecule has 1 atom stereocenters. The predicted molar refractivity (Wildman–Crippen MR) is 124 cm³/mol. The number of benzene rings is 1. The third kappa shape index (κ3) is 5.63. The Morgan fingerprint density at radius 2 is 1.97 bits per heavy atom. The van der Waals surface area contributed by atoms with Crippen LogP contribution < -0.4 is 5.32 Å². The molecule has 1 fully saturated rings. The molecule has 2 aromatic heterocycles. The van der Waals surface area contributed by atoms with Gasteiger partial charge in [-0.25, -0.2) is 0 Å². The molecular formula is C23H27ClN6O4. The minimum Gasteiger partial charge on any atom is -0.458 e. The molecule has 1 saturated carbocycles. The number of aromatic nitrogens is 4. The molecule has 0 spiro atoms. The first-order valence-corrected chi connectivity index (χ1v) is 11.6. The number of amides is 2. The average Bonchev–Trinajstić information content (AvgIpc) is 3.57. The first kappa shape index (κ1) is 23.9. The lowest BCUT2D eigenvalue weighted by atomic mass is 10.0. The van der Waals surface area contributed by atoms with Crippen LogP contribution in [0.3, 0.4) is 0 Å². The standard InChI is InChI=1S/C23H27ClN6O4/c1-15-6-11-19(34-15)22-26-28-30(27-22)14-20(32)29(12-13-31)21(16-7-9-17(24)10-8-16)23(33)25-18-4-2-3-5-18/h6-11,18,21,31H,2-5,12-14H2,1H3,(H,25,33). The number of furan rings is 1. The first-order valence-electron chi connectivity index (χ1n) is 11.3. The lowest BCUT2D eigenvalue weighted by molar-refractivity contribution is -0.142. The summed E-state index contributed by atoms with van der Waals surface area (Å²) in [6.45, 7) is 1.20. The number of carbonyl (C=O) groups excluding carboxylic acids is 2. The molecule has 0 aliphatic heterocycles. The van der Waals surface area contributed by atoms with Gasteiger partial charge in [0, 0.05) is 17.6 Å². The fourth-order valence-corrected chi connectivity index (χ4v) is 4.28. The molecule has 0 bridgehead atoms. The SMILES string of the molecule is Cc1ccc(-c2nnn(CC(=O)N(CCO)C(C(=O)NC3CCCC3)c3ccc(Cl)cc3)n2)o1. The Balaban J connectivity index is 1.57. The molecule has 2 N–H and O–H groups in total. The number of nitrogens with one attached hydrogen (secondary N) is 1. The van der Waals surface area contributed by atoms with Gasteiger partial charge in [-0.3, -0.25) is 9.59 Å². The van der Waals surface area contributed by atoms with Gasteiger partial charge in [-0.1, -0.05) is 36.6 Å². The zero-order valence-corrected chi connectivity index (χ0v) is 19.6. The first-order chi connectivity index (χ1) is 16.4. The van der Waals surface area contributed by atoms with Gasteiger partial charge in [-0.05, 0) is 54.8 Å². The highest BCUT2D eigenvalue weighted by molar-refractivity contribution is 6.30. The summed E-state index contributed by atoms with van der Waals surface area (Å²) in [4.78, 5) is 29.2. The van der Waals surface area contributed by atoms with Crippen molar-refractivity contribution >= 4 is 23.4 Å². The van der Waals surface area contributed by atoms with Gasteiger partial charge in [0.1, 0.15) is 18.3 Å². The number of aliphatic hydroxyl groups excluding tert-OH is 1. The van der Waals surface area contributed by atoms with Gasteiger partial charge in [0.25, 0.3) is 0 Å². The van der Waals surface area contributed by atoms with Crippen molar-refractivity contribution < 1.29 is 19.1 Å². The van der Waals surface area contributed by atoms with E-state index in [1.54, 1.807) is 43.3 Å². The van der Waals surface area contributed by atoms with Crippen LogP contribution in [0.5, 0.6) is 0 Å². The second-order valence-corrected chi connectivity index (χ2v) is 8.74. The van der Waals surface area contributed by atoms with Gasteiger partial charge < -0.3 is 19.7 Å². The highest BCUT2D eigenvalue weighted by Gasteiger charge is 2.33. The minimum atomic E-state index is -0.937. The van der Waals surface area contributed by atoms with Crippen molar-refractivity contribution in [2.45, 2.75) is 51.2 Å². The molecule has 2 amide bonds. The molecule has 4 rings (SSSR count). The maximum absolute atomic E-state index is 13.4. The molecule has 11 heteroatoms. The van der Waals surface area contributed by atoms with Gasteiger partial charge in [0.2, 0.25) is 17.6 Å². The summed E-state index contributed by atoms with van der Waals surface area (Å²) in [6, 6.07) is 9.41. The molecule has 1 aromatic carbocycles. The highest BCUT2D eigenvalue weighted by Crippen LogP contribution is 2.26. The smallest absolute Gasteiger partial charge is 0.247 e. The van der Waals surface area contributed by atoms with Crippen LogP contribution in [0.25, 0.3) is 11.6 Å². The summed E-state index contributed by atoms with van der Waals surface area (Å²) >= 11 is 6.04. The molecule has 3 aromatic rings. The molecule has 1 aliphatic rings. The van der Waals surface area contributed by atoms with E-state index in [0.717, 1.165) is 30.5 Å². The molecule has 34 heavy (non-hydrogen) atoms. The van der Waals surface area contributed by atoms with Crippen LogP contribution in [0.1, 0.15) is 43.0 Å². The van der Waals surface area contributed by atoms with E-state index in [1.165, 1.54) is 4.90 Å². The van der Waals surface area contributed by atoms with Gasteiger partial charge in [0.05, 0.1) is 6.61 Å². The number of nitrogens with zero attached hydrogens (tertiary/aromatic N) is 5. The number of carbonyl (C=O) groups is 2. The van der Waals surface area contributed by atoms with Gasteiger partial charge in [-0.15, -0.1) is 10.2 Å². The predicted octanol–water partition coefficient (Wildman–Crippen LogP) is 2.52. The fraction of sp³-hybridized carbons (Fsp3) is 0.435. The Morgan fingerprint density at radius 1 is 1.24 bits per heavy atom. The van der Waals surface area contributed by atoms with Crippen LogP contribution in [0, 0.1) is 6.92 Å². The summed E-state index contributed by atoms with van der Waals surface area (Å²) in [5.41, 5.74) is 0.597. The Morgan fingerprint density at radius 3 is 2.62 bits per heavy atom. The Bertz CT molecular complexity index is 1120. The van der Waals surface area contributed by atoms with Crippen LogP contribution in [-0.2, 0) is 16.1 Å². The second kappa shape index (κ2) is 10.8. The summed E-state index contributed by atoms with van der Waals surface area (Å²) in [5, 5.41) is 25.4. The monoisotopic (exact) mass is 486 g/mol. The maximum atomic E-state index is 13.4. The number of hydrogen-bond donors (Lipinski definition) is 2. The third-order valence-corrected chi connectivity index (χ3v) is 6.05.